The summed E-state index contributed by atoms with van der Waals surface area (Å²) in [7, 11) is 0. The van der Waals surface area contributed by atoms with Crippen LogP contribution in [0.25, 0.3) is 5.69 Å². The Balaban J connectivity index is 1.51. The number of nitrogens with zero attached hydrogens (tertiary/aromatic N) is 2. The van der Waals surface area contributed by atoms with Crippen LogP contribution in [0.5, 0.6) is 5.75 Å². The minimum absolute atomic E-state index is 0.0727. The lowest BCUT2D eigenvalue weighted by Gasteiger charge is -2.10. The first-order valence-electron chi connectivity index (χ1n) is 10.1. The molecule has 0 spiro atoms. The van der Waals surface area contributed by atoms with Crippen molar-refractivity contribution in [1.29, 1.82) is 0 Å². The first kappa shape index (κ1) is 19.7. The van der Waals surface area contributed by atoms with Crippen LogP contribution < -0.4 is 15.4 Å². The molecule has 2 N–H and O–H groups in total. The van der Waals surface area contributed by atoms with Crippen LogP contribution in [0.3, 0.4) is 0 Å². The van der Waals surface area contributed by atoms with Crippen molar-refractivity contribution in [2.24, 2.45) is 0 Å². The molecule has 4 rings (SSSR count). The molecule has 30 heavy (non-hydrogen) atoms. The van der Waals surface area contributed by atoms with Gasteiger partial charge in [0.25, 0.3) is 11.8 Å². The van der Waals surface area contributed by atoms with Crippen molar-refractivity contribution < 1.29 is 14.3 Å². The number of likely N-dealkylation sites (N-methyl/N-ethyl adjacent to an activating group) is 1. The minimum atomic E-state index is -0.251. The number of carbonyl (C=O) groups is 2. The van der Waals surface area contributed by atoms with Gasteiger partial charge in [-0.15, -0.1) is 0 Å². The maximum atomic E-state index is 13.1. The van der Waals surface area contributed by atoms with Gasteiger partial charge >= 0.3 is 0 Å². The molecule has 2 amide bonds. The molecule has 0 saturated heterocycles. The van der Waals surface area contributed by atoms with E-state index in [1.165, 1.54) is 0 Å². The predicted octanol–water partition coefficient (Wildman–Crippen LogP) is 3.52. The van der Waals surface area contributed by atoms with Crippen LogP contribution >= 0.6 is 0 Å². The van der Waals surface area contributed by atoms with Gasteiger partial charge in [-0.25, -0.2) is 4.68 Å². The second kappa shape index (κ2) is 8.82. The Hall–Kier alpha value is -3.61. The monoisotopic (exact) mass is 404 g/mol. The van der Waals surface area contributed by atoms with Gasteiger partial charge in [0.2, 0.25) is 0 Å². The fourth-order valence-corrected chi connectivity index (χ4v) is 3.16. The molecule has 2 aromatic carbocycles. The number of rotatable bonds is 8. The number of amides is 2. The number of benzene rings is 2. The first-order chi connectivity index (χ1) is 14.6. The van der Waals surface area contributed by atoms with E-state index in [-0.39, 0.29) is 18.4 Å². The Bertz CT molecular complexity index is 1040. The van der Waals surface area contributed by atoms with E-state index in [1.54, 1.807) is 28.9 Å². The second-order valence-electron chi connectivity index (χ2n) is 7.20. The summed E-state index contributed by atoms with van der Waals surface area (Å²) in [6, 6.07) is 18.5. The van der Waals surface area contributed by atoms with E-state index in [2.05, 4.69) is 15.7 Å². The van der Waals surface area contributed by atoms with Gasteiger partial charge in [0.05, 0.1) is 11.4 Å². The lowest BCUT2D eigenvalue weighted by Crippen LogP contribution is -2.28. The molecule has 7 nitrogen and oxygen atoms in total. The highest BCUT2D eigenvalue weighted by atomic mass is 16.5. The Morgan fingerprint density at radius 3 is 2.63 bits per heavy atom. The molecular formula is C23H24N4O3. The van der Waals surface area contributed by atoms with Crippen LogP contribution in [0.15, 0.2) is 60.7 Å². The van der Waals surface area contributed by atoms with E-state index >= 15 is 0 Å². The Morgan fingerprint density at radius 1 is 1.10 bits per heavy atom. The van der Waals surface area contributed by atoms with Gasteiger partial charge in [-0.3, -0.25) is 9.59 Å². The third kappa shape index (κ3) is 4.68. The fraction of sp³-hybridized carbons (Fsp3) is 0.261. The highest BCUT2D eigenvalue weighted by Crippen LogP contribution is 2.39. The van der Waals surface area contributed by atoms with Crippen LogP contribution in [-0.2, 0) is 4.79 Å². The molecule has 1 aromatic heterocycles. The summed E-state index contributed by atoms with van der Waals surface area (Å²) >= 11 is 0. The normalized spacial score (nSPS) is 13.0. The summed E-state index contributed by atoms with van der Waals surface area (Å²) in [5.41, 5.74) is 2.86. The lowest BCUT2D eigenvalue weighted by molar-refractivity contribution is -0.122. The zero-order valence-electron chi connectivity index (χ0n) is 16.8. The summed E-state index contributed by atoms with van der Waals surface area (Å²) < 4.78 is 7.20. The number of para-hydroxylation sites is 1. The molecule has 1 aliphatic rings. The maximum Gasteiger partial charge on any atom is 0.274 e. The van der Waals surface area contributed by atoms with Crippen molar-refractivity contribution in [1.82, 2.24) is 15.1 Å². The van der Waals surface area contributed by atoms with Gasteiger partial charge in [-0.2, -0.15) is 5.10 Å². The molecule has 0 atom stereocenters. The summed E-state index contributed by atoms with van der Waals surface area (Å²) in [6.07, 6.45) is 2.22. The van der Waals surface area contributed by atoms with Crippen LogP contribution in [0, 0.1) is 0 Å². The van der Waals surface area contributed by atoms with Gasteiger partial charge in [0.15, 0.2) is 6.61 Å². The van der Waals surface area contributed by atoms with Crippen LogP contribution in [0.1, 0.15) is 41.9 Å². The van der Waals surface area contributed by atoms with Gasteiger partial charge in [0, 0.05) is 24.2 Å². The number of hydrogen-bond acceptors (Lipinski definition) is 4. The number of nitrogens with one attached hydrogen (secondary N) is 2. The third-order valence-corrected chi connectivity index (χ3v) is 4.79. The Labute approximate surface area is 175 Å². The average Bonchev–Trinajstić information content (AvgIpc) is 3.51. The average molecular weight is 404 g/mol. The van der Waals surface area contributed by atoms with Crippen LogP contribution in [0.4, 0.5) is 5.69 Å². The van der Waals surface area contributed by atoms with Crippen LogP contribution in [-0.4, -0.2) is 34.7 Å². The number of hydrogen-bond donors (Lipinski definition) is 2. The zero-order chi connectivity index (χ0) is 20.9. The standard InChI is InChI=1S/C23H24N4O3/c1-2-24-22(28)15-30-19-10-6-7-17(13-19)25-23(29)21-14-20(16-11-12-16)26-27(21)18-8-4-3-5-9-18/h3-10,13-14,16H,2,11-12,15H2,1H3,(H,24,28)(H,25,29). The maximum absolute atomic E-state index is 13.1. The Kier molecular flexibility index (Phi) is 5.79. The van der Waals surface area contributed by atoms with Gasteiger partial charge in [-0.1, -0.05) is 24.3 Å². The summed E-state index contributed by atoms with van der Waals surface area (Å²) in [6.45, 7) is 2.33. The van der Waals surface area contributed by atoms with E-state index in [1.807, 2.05) is 43.3 Å². The molecule has 154 valence electrons. The molecule has 0 bridgehead atoms. The number of ether oxygens (including phenoxy) is 1. The molecule has 3 aromatic rings. The van der Waals surface area contributed by atoms with Crippen molar-refractivity contribution >= 4 is 17.5 Å². The summed E-state index contributed by atoms with van der Waals surface area (Å²) in [5, 5.41) is 10.3. The largest absolute Gasteiger partial charge is 0.484 e. The van der Waals surface area contributed by atoms with Crippen LogP contribution in [0.2, 0.25) is 0 Å². The molecule has 1 heterocycles. The van der Waals surface area contributed by atoms with Gasteiger partial charge < -0.3 is 15.4 Å². The lowest BCUT2D eigenvalue weighted by atomic mass is 10.2. The van der Waals surface area contributed by atoms with E-state index in [4.69, 9.17) is 4.74 Å². The second-order valence-corrected chi connectivity index (χ2v) is 7.20. The van der Waals surface area contributed by atoms with E-state index in [0.29, 0.717) is 29.6 Å². The molecule has 0 aliphatic heterocycles. The van der Waals surface area contributed by atoms with E-state index in [9.17, 15) is 9.59 Å². The SMILES string of the molecule is CCNC(=O)COc1cccc(NC(=O)c2cc(C3CC3)nn2-c2ccccc2)c1. The van der Waals surface area contributed by atoms with Gasteiger partial charge in [0.1, 0.15) is 11.4 Å². The third-order valence-electron chi connectivity index (χ3n) is 4.79. The summed E-state index contributed by atoms with van der Waals surface area (Å²) in [4.78, 5) is 24.6. The van der Waals surface area contributed by atoms with E-state index in [0.717, 1.165) is 24.2 Å². The highest BCUT2D eigenvalue weighted by Gasteiger charge is 2.29. The highest BCUT2D eigenvalue weighted by molar-refractivity contribution is 6.03. The van der Waals surface area contributed by atoms with Gasteiger partial charge in [-0.05, 0) is 50.1 Å². The van der Waals surface area contributed by atoms with Crippen molar-refractivity contribution in [3.8, 4) is 11.4 Å². The molecular weight excluding hydrogens is 380 g/mol. The number of carbonyl (C=O) groups excluding carboxylic acids is 2. The quantitative estimate of drug-likeness (QED) is 0.602. The first-order valence-corrected chi connectivity index (χ1v) is 10.1. The molecule has 0 radical (unpaired) electrons. The Morgan fingerprint density at radius 2 is 1.90 bits per heavy atom. The van der Waals surface area contributed by atoms with Crippen molar-refractivity contribution in [3.63, 3.8) is 0 Å². The minimum Gasteiger partial charge on any atom is -0.484 e. The number of aromatic nitrogens is 2. The molecule has 1 saturated carbocycles. The van der Waals surface area contributed by atoms with E-state index < -0.39 is 0 Å². The topological polar surface area (TPSA) is 85.2 Å². The zero-order valence-corrected chi connectivity index (χ0v) is 16.8. The smallest absolute Gasteiger partial charge is 0.274 e. The predicted molar refractivity (Wildman–Crippen MR) is 114 cm³/mol. The molecule has 1 fully saturated rings. The number of anilines is 1. The van der Waals surface area contributed by atoms with Crippen molar-refractivity contribution in [2.45, 2.75) is 25.7 Å². The molecule has 1 aliphatic carbocycles. The summed E-state index contributed by atoms with van der Waals surface area (Å²) in [5.74, 6) is 0.507. The van der Waals surface area contributed by atoms with Crippen molar-refractivity contribution in [3.05, 3.63) is 72.1 Å². The van der Waals surface area contributed by atoms with Crippen molar-refractivity contribution in [2.75, 3.05) is 18.5 Å². The molecule has 7 heteroatoms. The fourth-order valence-electron chi connectivity index (χ4n) is 3.16. The molecule has 0 unspecified atom stereocenters.